The number of hydrogen-bond acceptors (Lipinski definition) is 2. The lowest BCUT2D eigenvalue weighted by Gasteiger charge is -2.27. The Bertz CT molecular complexity index is 1330. The van der Waals surface area contributed by atoms with E-state index in [2.05, 4.69) is 91.0 Å². The molecule has 0 fully saturated rings. The maximum atomic E-state index is 13.1. The van der Waals surface area contributed by atoms with Crippen LogP contribution in [0.5, 0.6) is 0 Å². The van der Waals surface area contributed by atoms with E-state index in [1.807, 2.05) is 19.1 Å². The van der Waals surface area contributed by atoms with E-state index in [-0.39, 0.29) is 28.5 Å². The molecule has 0 heterocycles. The van der Waals surface area contributed by atoms with E-state index in [9.17, 15) is 9.59 Å². The van der Waals surface area contributed by atoms with Crippen molar-refractivity contribution in [1.29, 1.82) is 0 Å². The summed E-state index contributed by atoms with van der Waals surface area (Å²) in [5, 5.41) is 4.20. The van der Waals surface area contributed by atoms with Crippen LogP contribution >= 0.6 is 7.26 Å². The summed E-state index contributed by atoms with van der Waals surface area (Å²) in [5.41, 5.74) is 2.40. The molecule has 0 aromatic heterocycles. The van der Waals surface area contributed by atoms with Crippen LogP contribution in [0.3, 0.4) is 0 Å². The van der Waals surface area contributed by atoms with Gasteiger partial charge >= 0.3 is 0 Å². The number of hydrogen-bond donors (Lipinski definition) is 0. The number of allylic oxidation sites excluding steroid dienone is 2. The molecule has 0 saturated heterocycles. The van der Waals surface area contributed by atoms with Gasteiger partial charge in [0.25, 0.3) is 0 Å². The standard InChI is InChI=1S/C34H32O2P.BrH/c1-26-30(34(36)32-24-14-13-23-31(32)33(26)35)22-12-5-15-25-37(27-16-6-2-7-17-27,28-18-8-3-9-19-28)29-20-10-4-11-21-29;/h2-4,6-11,13-14,16-21,23-24H,5,12,15,22,25H2,1H3;1H/q+1;/p-1. The molecule has 0 N–H and O–H groups in total. The Morgan fingerprint density at radius 1 is 0.526 bits per heavy atom. The van der Waals surface area contributed by atoms with Crippen LogP contribution < -0.4 is 32.9 Å². The van der Waals surface area contributed by atoms with Crippen molar-refractivity contribution >= 4 is 34.7 Å². The van der Waals surface area contributed by atoms with Crippen LogP contribution in [-0.2, 0) is 0 Å². The van der Waals surface area contributed by atoms with Crippen molar-refractivity contribution in [2.75, 3.05) is 6.16 Å². The van der Waals surface area contributed by atoms with Crippen LogP contribution in [0, 0.1) is 0 Å². The van der Waals surface area contributed by atoms with Crippen molar-refractivity contribution in [2.24, 2.45) is 0 Å². The van der Waals surface area contributed by atoms with Crippen molar-refractivity contribution in [1.82, 2.24) is 0 Å². The molecular weight excluding hydrogens is 551 g/mol. The van der Waals surface area contributed by atoms with Gasteiger partial charge in [0.2, 0.25) is 0 Å². The highest BCUT2D eigenvalue weighted by Gasteiger charge is 2.44. The minimum absolute atomic E-state index is 0. The summed E-state index contributed by atoms with van der Waals surface area (Å²) >= 11 is 0. The summed E-state index contributed by atoms with van der Waals surface area (Å²) in [6, 6.07) is 40.0. The number of benzene rings is 4. The molecule has 4 aromatic rings. The zero-order chi connectivity index (χ0) is 25.7. The topological polar surface area (TPSA) is 34.1 Å². The quantitative estimate of drug-likeness (QED) is 0.221. The third-order valence-corrected chi connectivity index (χ3v) is 12.0. The van der Waals surface area contributed by atoms with Crippen molar-refractivity contribution in [3.05, 3.63) is 138 Å². The molecule has 0 radical (unpaired) electrons. The largest absolute Gasteiger partial charge is 1.00 e. The number of unbranched alkanes of at least 4 members (excludes halogenated alkanes) is 2. The maximum absolute atomic E-state index is 13.1. The molecule has 38 heavy (non-hydrogen) atoms. The zero-order valence-corrected chi connectivity index (χ0v) is 24.1. The molecule has 0 spiro atoms. The van der Waals surface area contributed by atoms with E-state index in [0.29, 0.717) is 28.7 Å². The van der Waals surface area contributed by atoms with Crippen molar-refractivity contribution in [3.8, 4) is 0 Å². The number of Topliss-reactive ketones (excluding diaryl/α,β-unsaturated/α-hetero) is 2. The minimum atomic E-state index is -1.84. The molecule has 1 aliphatic rings. The highest BCUT2D eigenvalue weighted by atomic mass is 79.9. The van der Waals surface area contributed by atoms with Crippen molar-refractivity contribution < 1.29 is 26.6 Å². The van der Waals surface area contributed by atoms with Crippen molar-refractivity contribution in [3.63, 3.8) is 0 Å². The molecule has 0 aliphatic heterocycles. The van der Waals surface area contributed by atoms with Crippen LogP contribution in [0.2, 0.25) is 0 Å². The van der Waals surface area contributed by atoms with Crippen LogP contribution in [0.1, 0.15) is 53.3 Å². The summed E-state index contributed by atoms with van der Waals surface area (Å²) < 4.78 is 0. The highest BCUT2D eigenvalue weighted by Crippen LogP contribution is 2.56. The summed E-state index contributed by atoms with van der Waals surface area (Å²) in [5.74, 6) is 0.0137. The number of fused-ring (bicyclic) bond motifs is 1. The van der Waals surface area contributed by atoms with Gasteiger partial charge in [-0.2, -0.15) is 0 Å². The molecule has 0 saturated carbocycles. The zero-order valence-electron chi connectivity index (χ0n) is 21.6. The van der Waals surface area contributed by atoms with E-state index in [1.54, 1.807) is 12.1 Å². The molecule has 0 atom stereocenters. The Kier molecular flexibility index (Phi) is 9.26. The molecule has 5 rings (SSSR count). The molecule has 0 unspecified atom stereocenters. The first kappa shape index (κ1) is 27.9. The number of ketones is 2. The Balaban J connectivity index is 0.00000336. The van der Waals surface area contributed by atoms with Gasteiger partial charge in [-0.3, -0.25) is 9.59 Å². The third kappa shape index (κ3) is 5.37. The maximum Gasteiger partial charge on any atom is 0.190 e. The average molecular weight is 584 g/mol. The Labute approximate surface area is 236 Å². The monoisotopic (exact) mass is 582 g/mol. The first-order chi connectivity index (χ1) is 18.1. The van der Waals surface area contributed by atoms with Gasteiger partial charge in [-0.15, -0.1) is 0 Å². The van der Waals surface area contributed by atoms with Gasteiger partial charge in [-0.25, -0.2) is 0 Å². The number of carbonyl (C=O) groups excluding carboxylic acids is 2. The fraction of sp³-hybridized carbons (Fsp3) is 0.176. The van der Waals surface area contributed by atoms with Crippen LogP contribution in [0.4, 0.5) is 0 Å². The molecule has 192 valence electrons. The Morgan fingerprint density at radius 2 is 0.947 bits per heavy atom. The van der Waals surface area contributed by atoms with E-state index in [1.165, 1.54) is 15.9 Å². The van der Waals surface area contributed by atoms with Crippen LogP contribution in [-0.4, -0.2) is 17.7 Å². The molecule has 2 nitrogen and oxygen atoms in total. The summed E-state index contributed by atoms with van der Waals surface area (Å²) in [6.45, 7) is 1.81. The summed E-state index contributed by atoms with van der Waals surface area (Å²) in [7, 11) is -1.84. The fourth-order valence-corrected chi connectivity index (χ4v) is 9.97. The second-order valence-electron chi connectivity index (χ2n) is 9.66. The lowest BCUT2D eigenvalue weighted by Crippen LogP contribution is -3.00. The van der Waals surface area contributed by atoms with E-state index < -0.39 is 7.26 Å². The van der Waals surface area contributed by atoms with Gasteiger partial charge in [-0.05, 0) is 69.0 Å². The van der Waals surface area contributed by atoms with Gasteiger partial charge in [-0.1, -0.05) is 78.9 Å². The number of rotatable bonds is 9. The van der Waals surface area contributed by atoms with Gasteiger partial charge in [0.1, 0.15) is 23.2 Å². The fourth-order valence-electron chi connectivity index (χ4n) is 5.56. The van der Waals surface area contributed by atoms with Crippen molar-refractivity contribution in [2.45, 2.75) is 32.6 Å². The highest BCUT2D eigenvalue weighted by molar-refractivity contribution is 7.95. The first-order valence-corrected chi connectivity index (χ1v) is 15.0. The van der Waals surface area contributed by atoms with Gasteiger partial charge < -0.3 is 17.0 Å². The predicted octanol–water partition coefficient (Wildman–Crippen LogP) is 3.94. The molecule has 0 bridgehead atoms. The second-order valence-corrected chi connectivity index (χ2v) is 13.3. The Morgan fingerprint density at radius 3 is 1.42 bits per heavy atom. The molecular formula is C34H32BrO2P. The second kappa shape index (κ2) is 12.6. The van der Waals surface area contributed by atoms with E-state index in [0.717, 1.165) is 25.4 Å². The van der Waals surface area contributed by atoms with Gasteiger partial charge in [0.05, 0.1) is 6.16 Å². The lowest BCUT2D eigenvalue weighted by atomic mass is 9.83. The smallest absolute Gasteiger partial charge is 0.190 e. The first-order valence-electron chi connectivity index (χ1n) is 13.1. The molecule has 1 aliphatic carbocycles. The van der Waals surface area contributed by atoms with Gasteiger partial charge in [0.15, 0.2) is 11.6 Å². The lowest BCUT2D eigenvalue weighted by molar-refractivity contribution is -0.0000211. The minimum Gasteiger partial charge on any atom is -1.00 e. The molecule has 4 aromatic carbocycles. The third-order valence-electron chi connectivity index (χ3n) is 7.49. The molecule has 0 amide bonds. The SMILES string of the molecule is CC1=C(CCCCC[P+](c2ccccc2)(c2ccccc2)c2ccccc2)C(=O)c2ccccc2C1=O.[Br-]. The predicted molar refractivity (Wildman–Crippen MR) is 156 cm³/mol. The van der Waals surface area contributed by atoms with E-state index in [4.69, 9.17) is 0 Å². The van der Waals surface area contributed by atoms with E-state index >= 15 is 0 Å². The number of halogens is 1. The summed E-state index contributed by atoms with van der Waals surface area (Å²) in [6.07, 6.45) is 4.68. The number of carbonyl (C=O) groups is 2. The normalized spacial score (nSPS) is 13.2. The van der Waals surface area contributed by atoms with Gasteiger partial charge in [0, 0.05) is 22.3 Å². The van der Waals surface area contributed by atoms with Crippen LogP contribution in [0.15, 0.2) is 126 Å². The van der Waals surface area contributed by atoms with Crippen LogP contribution in [0.25, 0.3) is 0 Å². The molecule has 4 heteroatoms. The summed E-state index contributed by atoms with van der Waals surface area (Å²) in [4.78, 5) is 26.0. The average Bonchev–Trinajstić information content (AvgIpc) is 2.97. The Hall–Kier alpha value is -3.13.